The van der Waals surface area contributed by atoms with Crippen LogP contribution in [0.1, 0.15) is 36.6 Å². The van der Waals surface area contributed by atoms with Gasteiger partial charge in [-0.05, 0) is 31.9 Å². The lowest BCUT2D eigenvalue weighted by atomic mass is 10.0. The Balaban J connectivity index is 1.78. The van der Waals surface area contributed by atoms with Gasteiger partial charge in [-0.15, -0.1) is 0 Å². The Morgan fingerprint density at radius 3 is 2.56 bits per heavy atom. The molecule has 0 saturated heterocycles. The van der Waals surface area contributed by atoms with Gasteiger partial charge in [-0.1, -0.05) is 6.08 Å². The molecule has 1 saturated carbocycles. The zero-order valence-electron chi connectivity index (χ0n) is 9.69. The summed E-state index contributed by atoms with van der Waals surface area (Å²) in [5.41, 5.74) is 2.61. The highest BCUT2D eigenvalue weighted by Crippen LogP contribution is 2.37. The average Bonchev–Trinajstić information content (AvgIpc) is 3.14. The number of aromatic nitrogens is 2. The van der Waals surface area contributed by atoms with Crippen molar-refractivity contribution in [2.24, 2.45) is 0 Å². The average molecular weight is 215 g/mol. The maximum Gasteiger partial charge on any atom is 0.131 e. The highest BCUT2D eigenvalue weighted by atomic mass is 15.1. The highest BCUT2D eigenvalue weighted by Gasteiger charge is 2.26. The van der Waals surface area contributed by atoms with Crippen LogP contribution in [0.4, 0.5) is 0 Å². The summed E-state index contributed by atoms with van der Waals surface area (Å²) in [6, 6.07) is 0. The third kappa shape index (κ3) is 2.00. The Kier molecular flexibility index (Phi) is 2.48. The summed E-state index contributed by atoms with van der Waals surface area (Å²) in [6.45, 7) is 2.18. The van der Waals surface area contributed by atoms with Crippen molar-refractivity contribution in [3.63, 3.8) is 0 Å². The lowest BCUT2D eigenvalue weighted by Gasteiger charge is -2.21. The van der Waals surface area contributed by atoms with Crippen molar-refractivity contribution in [2.75, 3.05) is 20.1 Å². The van der Waals surface area contributed by atoms with Gasteiger partial charge in [-0.25, -0.2) is 9.97 Å². The molecule has 3 heteroatoms. The van der Waals surface area contributed by atoms with Crippen LogP contribution < -0.4 is 0 Å². The first-order chi connectivity index (χ1) is 7.83. The Morgan fingerprint density at radius 2 is 2.00 bits per heavy atom. The van der Waals surface area contributed by atoms with Crippen molar-refractivity contribution < 1.29 is 0 Å². The van der Waals surface area contributed by atoms with Gasteiger partial charge < -0.3 is 4.90 Å². The molecule has 0 spiro atoms. The van der Waals surface area contributed by atoms with Gasteiger partial charge >= 0.3 is 0 Å². The fourth-order valence-electron chi connectivity index (χ4n) is 2.09. The minimum absolute atomic E-state index is 0.653. The zero-order chi connectivity index (χ0) is 11.0. The third-order valence-electron chi connectivity index (χ3n) is 3.40. The van der Waals surface area contributed by atoms with Crippen LogP contribution in [-0.2, 0) is 0 Å². The van der Waals surface area contributed by atoms with E-state index in [0.29, 0.717) is 5.92 Å². The number of rotatable bonds is 2. The molecule has 1 fully saturated rings. The SMILES string of the molecule is CN1CC=C(c2cnc(C3CC3)nc2)CC1. The number of hydrogen-bond acceptors (Lipinski definition) is 3. The smallest absolute Gasteiger partial charge is 0.131 e. The van der Waals surface area contributed by atoms with Gasteiger partial charge in [0.15, 0.2) is 0 Å². The maximum absolute atomic E-state index is 4.47. The van der Waals surface area contributed by atoms with Crippen LogP contribution in [0.3, 0.4) is 0 Å². The first kappa shape index (κ1) is 9.97. The molecule has 0 N–H and O–H groups in total. The first-order valence-electron chi connectivity index (χ1n) is 6.03. The van der Waals surface area contributed by atoms with Gasteiger partial charge in [0.1, 0.15) is 5.82 Å². The Bertz CT molecular complexity index is 404. The van der Waals surface area contributed by atoms with Crippen LogP contribution in [0, 0.1) is 0 Å². The van der Waals surface area contributed by atoms with Gasteiger partial charge in [0.05, 0.1) is 0 Å². The fourth-order valence-corrected chi connectivity index (χ4v) is 2.09. The van der Waals surface area contributed by atoms with Crippen molar-refractivity contribution in [1.29, 1.82) is 0 Å². The third-order valence-corrected chi connectivity index (χ3v) is 3.40. The zero-order valence-corrected chi connectivity index (χ0v) is 9.69. The van der Waals surface area contributed by atoms with E-state index in [0.717, 1.165) is 25.3 Å². The standard InChI is InChI=1S/C13H17N3/c1-16-6-4-10(5-7-16)12-8-14-13(15-9-12)11-2-3-11/h4,8-9,11H,2-3,5-7H2,1H3. The highest BCUT2D eigenvalue weighted by molar-refractivity contribution is 5.65. The van der Waals surface area contributed by atoms with Crippen molar-refractivity contribution in [1.82, 2.24) is 14.9 Å². The molecule has 0 bridgehead atoms. The molecule has 1 aliphatic heterocycles. The molecule has 16 heavy (non-hydrogen) atoms. The monoisotopic (exact) mass is 215 g/mol. The van der Waals surface area contributed by atoms with Crippen LogP contribution >= 0.6 is 0 Å². The molecule has 84 valence electrons. The van der Waals surface area contributed by atoms with Crippen molar-refractivity contribution >= 4 is 5.57 Å². The summed E-state index contributed by atoms with van der Waals surface area (Å²) in [5, 5.41) is 0. The van der Waals surface area contributed by atoms with Crippen molar-refractivity contribution in [3.05, 3.63) is 29.9 Å². The number of hydrogen-bond donors (Lipinski definition) is 0. The summed E-state index contributed by atoms with van der Waals surface area (Å²) >= 11 is 0. The van der Waals surface area contributed by atoms with Gasteiger partial charge in [0, 0.05) is 37.0 Å². The van der Waals surface area contributed by atoms with Crippen LogP contribution in [-0.4, -0.2) is 35.0 Å². The topological polar surface area (TPSA) is 29.0 Å². The predicted octanol–water partition coefficient (Wildman–Crippen LogP) is 2.07. The molecule has 2 aliphatic rings. The van der Waals surface area contributed by atoms with E-state index in [-0.39, 0.29) is 0 Å². The second-order valence-electron chi connectivity index (χ2n) is 4.85. The molecule has 1 aromatic heterocycles. The van der Waals surface area contributed by atoms with Gasteiger partial charge in [-0.2, -0.15) is 0 Å². The van der Waals surface area contributed by atoms with Crippen LogP contribution in [0.5, 0.6) is 0 Å². The molecule has 0 aromatic carbocycles. The van der Waals surface area contributed by atoms with E-state index in [1.165, 1.54) is 24.0 Å². The number of likely N-dealkylation sites (N-methyl/N-ethyl adjacent to an activating group) is 1. The lowest BCUT2D eigenvalue weighted by molar-refractivity contribution is 0.370. The Labute approximate surface area is 96.2 Å². The van der Waals surface area contributed by atoms with Crippen molar-refractivity contribution in [3.8, 4) is 0 Å². The van der Waals surface area contributed by atoms with E-state index in [1.54, 1.807) is 0 Å². The Morgan fingerprint density at radius 1 is 1.25 bits per heavy atom. The first-order valence-corrected chi connectivity index (χ1v) is 6.03. The number of nitrogens with zero attached hydrogens (tertiary/aromatic N) is 3. The predicted molar refractivity (Wildman–Crippen MR) is 64.1 cm³/mol. The second kappa shape index (κ2) is 3.98. The van der Waals surface area contributed by atoms with E-state index in [9.17, 15) is 0 Å². The normalized spacial score (nSPS) is 21.9. The molecule has 1 aromatic rings. The lowest BCUT2D eigenvalue weighted by Crippen LogP contribution is -2.23. The van der Waals surface area contributed by atoms with E-state index >= 15 is 0 Å². The minimum Gasteiger partial charge on any atom is -0.302 e. The van der Waals surface area contributed by atoms with E-state index in [2.05, 4.69) is 28.0 Å². The maximum atomic E-state index is 4.47. The van der Waals surface area contributed by atoms with E-state index in [4.69, 9.17) is 0 Å². The largest absolute Gasteiger partial charge is 0.302 e. The molecule has 1 aliphatic carbocycles. The summed E-state index contributed by atoms with van der Waals surface area (Å²) in [4.78, 5) is 11.3. The van der Waals surface area contributed by atoms with Crippen LogP contribution in [0.25, 0.3) is 5.57 Å². The Hall–Kier alpha value is -1.22. The quantitative estimate of drug-likeness (QED) is 0.756. The molecule has 3 nitrogen and oxygen atoms in total. The summed E-state index contributed by atoms with van der Waals surface area (Å²) in [6.07, 6.45) is 9.94. The van der Waals surface area contributed by atoms with E-state index < -0.39 is 0 Å². The molecule has 0 unspecified atom stereocenters. The van der Waals surface area contributed by atoms with Crippen molar-refractivity contribution in [2.45, 2.75) is 25.2 Å². The van der Waals surface area contributed by atoms with Gasteiger partial charge in [0.2, 0.25) is 0 Å². The van der Waals surface area contributed by atoms with Gasteiger partial charge in [-0.3, -0.25) is 0 Å². The summed E-state index contributed by atoms with van der Waals surface area (Å²) < 4.78 is 0. The minimum atomic E-state index is 0.653. The fraction of sp³-hybridized carbons (Fsp3) is 0.538. The molecular weight excluding hydrogens is 198 g/mol. The molecule has 2 heterocycles. The molecule has 3 rings (SSSR count). The van der Waals surface area contributed by atoms with E-state index in [1.807, 2.05) is 12.4 Å². The summed E-state index contributed by atoms with van der Waals surface area (Å²) in [7, 11) is 2.15. The second-order valence-corrected chi connectivity index (χ2v) is 4.85. The van der Waals surface area contributed by atoms with Gasteiger partial charge in [0.25, 0.3) is 0 Å². The molecular formula is C13H17N3. The van der Waals surface area contributed by atoms with Crippen LogP contribution in [0.15, 0.2) is 18.5 Å². The summed E-state index contributed by atoms with van der Waals surface area (Å²) in [5.74, 6) is 1.69. The molecule has 0 radical (unpaired) electrons. The molecule has 0 amide bonds. The van der Waals surface area contributed by atoms with Crippen LogP contribution in [0.2, 0.25) is 0 Å². The molecule has 0 atom stereocenters.